The molecule has 0 saturated carbocycles. The van der Waals surface area contributed by atoms with Crippen LogP contribution in [0.15, 0.2) is 29.8 Å². The van der Waals surface area contributed by atoms with E-state index in [4.69, 9.17) is 11.6 Å². The zero-order chi connectivity index (χ0) is 18.9. The normalized spacial score (nSPS) is 19.3. The highest BCUT2D eigenvalue weighted by molar-refractivity contribution is 7.09. The number of hydrogen-bond donors (Lipinski definition) is 2. The lowest BCUT2D eigenvalue weighted by molar-refractivity contribution is -0.262. The first kappa shape index (κ1) is 18.5. The standard InChI is InChI=1S/C15H11ClF3N3O3S/c16-8-1-2-10-9(5-8)14(15(17,18)19,25-13(24)22-10)7-21-11(23)6-12-20-3-4-26-12/h1-5H,6-7H2,(H,21,23)(H,22,24). The molecule has 2 heterocycles. The second-order valence-corrected chi connectivity index (χ2v) is 6.82. The number of carbonyl (C=O) groups is 2. The lowest BCUT2D eigenvalue weighted by Gasteiger charge is -2.39. The highest BCUT2D eigenvalue weighted by Gasteiger charge is 2.62. The summed E-state index contributed by atoms with van der Waals surface area (Å²) in [6, 6.07) is 3.64. The first-order valence-electron chi connectivity index (χ1n) is 7.23. The number of hydrogen-bond acceptors (Lipinski definition) is 5. The van der Waals surface area contributed by atoms with Crippen LogP contribution in [-0.4, -0.2) is 29.7 Å². The van der Waals surface area contributed by atoms with E-state index in [9.17, 15) is 22.8 Å². The minimum atomic E-state index is -4.99. The average molecular weight is 406 g/mol. The van der Waals surface area contributed by atoms with Gasteiger partial charge in [-0.05, 0) is 18.2 Å². The quantitative estimate of drug-likeness (QED) is 0.816. The SMILES string of the molecule is O=C(Cc1nccs1)NCC1(C(F)(F)F)OC(=O)Nc2ccc(Cl)cc21. The predicted octanol–water partition coefficient (Wildman–Crippen LogP) is 3.48. The van der Waals surface area contributed by atoms with E-state index in [1.807, 2.05) is 0 Å². The molecule has 0 fully saturated rings. The van der Waals surface area contributed by atoms with Gasteiger partial charge in [0.1, 0.15) is 5.01 Å². The van der Waals surface area contributed by atoms with Crippen LogP contribution in [0, 0.1) is 0 Å². The van der Waals surface area contributed by atoms with Crippen molar-refractivity contribution in [2.24, 2.45) is 0 Å². The van der Waals surface area contributed by atoms with Gasteiger partial charge in [-0.3, -0.25) is 10.1 Å². The topological polar surface area (TPSA) is 80.3 Å². The van der Waals surface area contributed by atoms with E-state index in [1.54, 1.807) is 5.38 Å². The van der Waals surface area contributed by atoms with Crippen LogP contribution in [0.4, 0.5) is 23.7 Å². The molecular formula is C15H11ClF3N3O3S. The minimum absolute atomic E-state index is 0.0336. The molecule has 1 aliphatic rings. The second kappa shape index (κ2) is 6.76. The first-order valence-corrected chi connectivity index (χ1v) is 8.49. The number of nitrogens with zero attached hydrogens (tertiary/aromatic N) is 1. The molecule has 0 spiro atoms. The number of anilines is 1. The van der Waals surface area contributed by atoms with E-state index in [-0.39, 0.29) is 22.7 Å². The largest absolute Gasteiger partial charge is 0.434 e. The van der Waals surface area contributed by atoms with Crippen LogP contribution in [0.2, 0.25) is 5.02 Å². The zero-order valence-corrected chi connectivity index (χ0v) is 14.5. The summed E-state index contributed by atoms with van der Waals surface area (Å²) >= 11 is 7.02. The van der Waals surface area contributed by atoms with Crippen molar-refractivity contribution in [3.63, 3.8) is 0 Å². The van der Waals surface area contributed by atoms with Gasteiger partial charge in [0.25, 0.3) is 5.60 Å². The molecule has 138 valence electrons. The fraction of sp³-hybridized carbons (Fsp3) is 0.267. The predicted molar refractivity (Wildman–Crippen MR) is 88.1 cm³/mol. The molecule has 3 rings (SSSR count). The molecule has 6 nitrogen and oxygen atoms in total. The number of benzene rings is 1. The van der Waals surface area contributed by atoms with Gasteiger partial charge in [-0.2, -0.15) is 13.2 Å². The highest BCUT2D eigenvalue weighted by Crippen LogP contribution is 2.47. The third-order valence-electron chi connectivity index (χ3n) is 3.71. The van der Waals surface area contributed by atoms with Crippen molar-refractivity contribution in [1.29, 1.82) is 0 Å². The van der Waals surface area contributed by atoms with Crippen LogP contribution in [-0.2, 0) is 21.6 Å². The van der Waals surface area contributed by atoms with Crippen LogP contribution in [0.5, 0.6) is 0 Å². The molecule has 1 atom stereocenters. The van der Waals surface area contributed by atoms with Gasteiger partial charge in [0.2, 0.25) is 5.91 Å². The summed E-state index contributed by atoms with van der Waals surface area (Å²) < 4.78 is 46.3. The molecule has 1 unspecified atom stereocenters. The summed E-state index contributed by atoms with van der Waals surface area (Å²) in [6.45, 7) is -0.985. The maximum Gasteiger partial charge on any atom is 0.434 e. The number of carbonyl (C=O) groups excluding carboxylic acids is 2. The Kier molecular flexibility index (Phi) is 4.80. The van der Waals surface area contributed by atoms with Crippen molar-refractivity contribution in [2.75, 3.05) is 11.9 Å². The van der Waals surface area contributed by atoms with Gasteiger partial charge in [0, 0.05) is 22.2 Å². The summed E-state index contributed by atoms with van der Waals surface area (Å²) in [4.78, 5) is 27.6. The van der Waals surface area contributed by atoms with Gasteiger partial charge < -0.3 is 10.1 Å². The Balaban J connectivity index is 1.92. The summed E-state index contributed by atoms with van der Waals surface area (Å²) in [5, 5.41) is 6.51. The van der Waals surface area contributed by atoms with Crippen molar-refractivity contribution in [1.82, 2.24) is 10.3 Å². The number of rotatable bonds is 4. The lowest BCUT2D eigenvalue weighted by atomic mass is 9.89. The molecule has 1 aliphatic heterocycles. The maximum atomic E-state index is 13.9. The van der Waals surface area contributed by atoms with Crippen LogP contribution >= 0.6 is 22.9 Å². The van der Waals surface area contributed by atoms with E-state index in [1.165, 1.54) is 29.7 Å². The second-order valence-electron chi connectivity index (χ2n) is 5.41. The van der Waals surface area contributed by atoms with Gasteiger partial charge in [-0.15, -0.1) is 11.3 Å². The Bertz CT molecular complexity index is 844. The number of fused-ring (bicyclic) bond motifs is 1. The van der Waals surface area contributed by atoms with Crippen molar-refractivity contribution >= 4 is 40.6 Å². The molecule has 2 amide bonds. The minimum Gasteiger partial charge on any atom is -0.426 e. The molecule has 2 N–H and O–H groups in total. The summed E-state index contributed by atoms with van der Waals surface area (Å²) in [7, 11) is 0. The maximum absolute atomic E-state index is 13.9. The Hall–Kier alpha value is -2.33. The smallest absolute Gasteiger partial charge is 0.426 e. The number of amides is 2. The van der Waals surface area contributed by atoms with Crippen molar-refractivity contribution in [3.8, 4) is 0 Å². The van der Waals surface area contributed by atoms with E-state index >= 15 is 0 Å². The molecule has 1 aromatic heterocycles. The summed E-state index contributed by atoms with van der Waals surface area (Å²) in [5.74, 6) is -0.679. The monoisotopic (exact) mass is 405 g/mol. The molecule has 26 heavy (non-hydrogen) atoms. The van der Waals surface area contributed by atoms with Gasteiger partial charge in [0.05, 0.1) is 18.7 Å². The number of alkyl halides is 3. The Morgan fingerprint density at radius 3 is 2.85 bits per heavy atom. The number of aromatic nitrogens is 1. The summed E-state index contributed by atoms with van der Waals surface area (Å²) in [5.41, 5.74) is -3.52. The molecule has 0 aliphatic carbocycles. The zero-order valence-electron chi connectivity index (χ0n) is 12.9. The van der Waals surface area contributed by atoms with Gasteiger partial charge >= 0.3 is 12.3 Å². The van der Waals surface area contributed by atoms with Crippen LogP contribution in [0.25, 0.3) is 0 Å². The van der Waals surface area contributed by atoms with Crippen molar-refractivity contribution in [2.45, 2.75) is 18.2 Å². The van der Waals surface area contributed by atoms with Gasteiger partial charge in [-0.1, -0.05) is 11.6 Å². The third kappa shape index (κ3) is 3.47. The number of ether oxygens (including phenoxy) is 1. The van der Waals surface area contributed by atoms with Crippen molar-refractivity contribution < 1.29 is 27.5 Å². The molecule has 0 radical (unpaired) electrons. The Morgan fingerprint density at radius 1 is 1.42 bits per heavy atom. The molecule has 2 aromatic rings. The van der Waals surface area contributed by atoms with Crippen LogP contribution in [0.3, 0.4) is 0 Å². The summed E-state index contributed by atoms with van der Waals surface area (Å²) in [6.07, 6.45) is -4.96. The number of nitrogens with one attached hydrogen (secondary N) is 2. The molecule has 0 saturated heterocycles. The molecule has 11 heteroatoms. The van der Waals surface area contributed by atoms with E-state index < -0.39 is 30.3 Å². The van der Waals surface area contributed by atoms with Crippen LogP contribution < -0.4 is 10.6 Å². The third-order valence-corrected chi connectivity index (χ3v) is 4.72. The van der Waals surface area contributed by atoms with Crippen molar-refractivity contribution in [3.05, 3.63) is 45.4 Å². The molecule has 0 bridgehead atoms. The fourth-order valence-corrected chi connectivity index (χ4v) is 3.30. The van der Waals surface area contributed by atoms with E-state index in [0.717, 1.165) is 6.07 Å². The highest BCUT2D eigenvalue weighted by atomic mass is 35.5. The number of halogens is 4. The average Bonchev–Trinajstić information content (AvgIpc) is 3.05. The van der Waals surface area contributed by atoms with Gasteiger partial charge in [-0.25, -0.2) is 9.78 Å². The van der Waals surface area contributed by atoms with E-state index in [2.05, 4.69) is 20.4 Å². The molecule has 1 aromatic carbocycles. The number of thiazole rings is 1. The Labute approximate surface area is 154 Å². The number of cyclic esters (lactones) is 1. The van der Waals surface area contributed by atoms with Gasteiger partial charge in [0.15, 0.2) is 0 Å². The fourth-order valence-electron chi connectivity index (χ4n) is 2.51. The lowest BCUT2D eigenvalue weighted by Crippen LogP contribution is -2.56. The van der Waals surface area contributed by atoms with E-state index in [0.29, 0.717) is 5.01 Å². The Morgan fingerprint density at radius 2 is 2.19 bits per heavy atom. The first-order chi connectivity index (χ1) is 12.2. The molecular weight excluding hydrogens is 395 g/mol. The van der Waals surface area contributed by atoms with Crippen LogP contribution in [0.1, 0.15) is 10.6 Å².